The lowest BCUT2D eigenvalue weighted by Gasteiger charge is -2.50. The molecule has 0 spiro atoms. The van der Waals surface area contributed by atoms with Crippen LogP contribution in [0.3, 0.4) is 0 Å². The smallest absolute Gasteiger partial charge is 0.260 e. The van der Waals surface area contributed by atoms with Crippen molar-refractivity contribution in [3.63, 3.8) is 0 Å². The van der Waals surface area contributed by atoms with Crippen molar-refractivity contribution in [2.24, 2.45) is 11.8 Å². The maximum atomic E-state index is 15.1. The molecule has 0 N–H and O–H groups in total. The van der Waals surface area contributed by atoms with Crippen molar-refractivity contribution in [2.75, 3.05) is 31.1 Å². The van der Waals surface area contributed by atoms with Crippen LogP contribution >= 0.6 is 0 Å². The number of benzene rings is 1. The van der Waals surface area contributed by atoms with Gasteiger partial charge in [0.25, 0.3) is 11.8 Å². The number of anilines is 1. The predicted molar refractivity (Wildman–Crippen MR) is 113 cm³/mol. The van der Waals surface area contributed by atoms with E-state index in [9.17, 15) is 9.18 Å². The van der Waals surface area contributed by atoms with E-state index in [0.29, 0.717) is 5.95 Å². The fourth-order valence-electron chi connectivity index (χ4n) is 4.72. The number of carbonyl (C=O) groups excluding carboxylic acids is 1. The molecule has 2 aliphatic rings. The normalized spacial score (nSPS) is 21.8. The lowest BCUT2D eigenvalue weighted by atomic mass is 9.80. The second kappa shape index (κ2) is 7.82. The number of alkyl halides is 2. The molecule has 2 unspecified atom stereocenters. The summed E-state index contributed by atoms with van der Waals surface area (Å²) in [4.78, 5) is 26.4. The molecule has 8 nitrogen and oxygen atoms in total. The molecule has 2 bridgehead atoms. The SMILES string of the molecule is Cc1cc(C)nc(N2CC3CN(C(=O)c4c(F)cccc4-n4nccn4)CC(C2)C3(F)F)n1. The van der Waals surface area contributed by atoms with Gasteiger partial charge < -0.3 is 9.80 Å². The molecule has 0 aliphatic carbocycles. The van der Waals surface area contributed by atoms with Gasteiger partial charge in [-0.3, -0.25) is 4.79 Å². The van der Waals surface area contributed by atoms with E-state index in [1.54, 1.807) is 4.90 Å². The number of piperidine rings is 2. The molecule has 2 aliphatic heterocycles. The number of nitrogens with zero attached hydrogens (tertiary/aromatic N) is 7. The number of halogens is 3. The quantitative estimate of drug-likeness (QED) is 0.602. The molecule has 2 saturated heterocycles. The molecule has 0 saturated carbocycles. The minimum Gasteiger partial charge on any atom is -0.340 e. The Labute approximate surface area is 188 Å². The van der Waals surface area contributed by atoms with Gasteiger partial charge in [-0.2, -0.15) is 15.0 Å². The summed E-state index contributed by atoms with van der Waals surface area (Å²) in [6.45, 7) is 3.26. The van der Waals surface area contributed by atoms with Crippen molar-refractivity contribution in [2.45, 2.75) is 19.8 Å². The van der Waals surface area contributed by atoms with Gasteiger partial charge in [-0.1, -0.05) is 6.07 Å². The number of aryl methyl sites for hydroxylation is 2. The van der Waals surface area contributed by atoms with Crippen LogP contribution in [0.2, 0.25) is 0 Å². The standard InChI is InChI=1S/C22H22F3N7O/c1-13-8-14(2)29-21(28-13)31-11-15-9-30(10-16(12-31)22(15,24)25)20(33)19-17(23)4-3-5-18(19)32-26-6-7-27-32/h3-8,15-16H,9-12H2,1-2H3. The number of hydrogen-bond donors (Lipinski definition) is 0. The summed E-state index contributed by atoms with van der Waals surface area (Å²) in [5, 5.41) is 7.96. The number of likely N-dealkylation sites (tertiary alicyclic amines) is 1. The first kappa shape index (κ1) is 21.4. The van der Waals surface area contributed by atoms with E-state index >= 15 is 8.78 Å². The molecule has 2 atom stereocenters. The fourth-order valence-corrected chi connectivity index (χ4v) is 4.72. The van der Waals surface area contributed by atoms with Crippen LogP contribution in [0.4, 0.5) is 19.1 Å². The van der Waals surface area contributed by atoms with E-state index < -0.39 is 29.5 Å². The highest BCUT2D eigenvalue weighted by Gasteiger charge is 2.56. The molecular weight excluding hydrogens is 435 g/mol. The third-order valence-corrected chi connectivity index (χ3v) is 6.23. The molecule has 172 valence electrons. The van der Waals surface area contributed by atoms with E-state index in [2.05, 4.69) is 20.2 Å². The van der Waals surface area contributed by atoms with Gasteiger partial charge in [0, 0.05) is 37.6 Å². The van der Waals surface area contributed by atoms with Gasteiger partial charge in [0.2, 0.25) is 5.95 Å². The van der Waals surface area contributed by atoms with Gasteiger partial charge in [0.05, 0.1) is 24.2 Å². The van der Waals surface area contributed by atoms with Gasteiger partial charge >= 0.3 is 0 Å². The van der Waals surface area contributed by atoms with Gasteiger partial charge in [0.1, 0.15) is 17.1 Å². The van der Waals surface area contributed by atoms with Crippen molar-refractivity contribution < 1.29 is 18.0 Å². The van der Waals surface area contributed by atoms with Crippen molar-refractivity contribution >= 4 is 11.9 Å². The summed E-state index contributed by atoms with van der Waals surface area (Å²) >= 11 is 0. The zero-order chi connectivity index (χ0) is 23.3. The van der Waals surface area contributed by atoms with E-state index in [4.69, 9.17) is 0 Å². The lowest BCUT2D eigenvalue weighted by molar-refractivity contribution is -0.150. The number of fused-ring (bicyclic) bond motifs is 2. The summed E-state index contributed by atoms with van der Waals surface area (Å²) in [6.07, 6.45) is 2.82. The summed E-state index contributed by atoms with van der Waals surface area (Å²) in [5.41, 5.74) is 1.46. The first-order chi connectivity index (χ1) is 15.7. The van der Waals surface area contributed by atoms with Gasteiger partial charge in [-0.05, 0) is 32.0 Å². The molecule has 33 heavy (non-hydrogen) atoms. The highest BCUT2D eigenvalue weighted by Crippen LogP contribution is 2.43. The minimum absolute atomic E-state index is 0.00101. The molecule has 1 aromatic carbocycles. The zero-order valence-electron chi connectivity index (χ0n) is 18.1. The summed E-state index contributed by atoms with van der Waals surface area (Å²) in [5.74, 6) is -6.19. The van der Waals surface area contributed by atoms with E-state index in [1.165, 1.54) is 35.5 Å². The first-order valence-corrected chi connectivity index (χ1v) is 10.6. The third-order valence-electron chi connectivity index (χ3n) is 6.23. The summed E-state index contributed by atoms with van der Waals surface area (Å²) in [7, 11) is 0. The minimum atomic E-state index is -2.95. The van der Waals surface area contributed by atoms with Crippen LogP contribution in [0.15, 0.2) is 36.7 Å². The molecular formula is C22H22F3N7O. The van der Waals surface area contributed by atoms with Gasteiger partial charge in [-0.15, -0.1) is 0 Å². The number of carbonyl (C=O) groups is 1. The average molecular weight is 457 g/mol. The second-order valence-electron chi connectivity index (χ2n) is 8.59. The molecule has 0 radical (unpaired) electrons. The Morgan fingerprint density at radius 1 is 1.00 bits per heavy atom. The van der Waals surface area contributed by atoms with Gasteiger partial charge in [0.15, 0.2) is 0 Å². The lowest BCUT2D eigenvalue weighted by Crippen LogP contribution is -2.64. The monoisotopic (exact) mass is 457 g/mol. The Morgan fingerprint density at radius 3 is 2.21 bits per heavy atom. The van der Waals surface area contributed by atoms with Gasteiger partial charge in [-0.25, -0.2) is 23.1 Å². The zero-order valence-corrected chi connectivity index (χ0v) is 18.1. The third kappa shape index (κ3) is 3.70. The Balaban J connectivity index is 1.44. The first-order valence-electron chi connectivity index (χ1n) is 10.6. The average Bonchev–Trinajstić information content (AvgIpc) is 3.26. The molecule has 1 amide bonds. The van der Waals surface area contributed by atoms with Crippen LogP contribution < -0.4 is 4.90 Å². The summed E-state index contributed by atoms with van der Waals surface area (Å²) < 4.78 is 44.9. The fraction of sp³-hybridized carbons (Fsp3) is 0.409. The van der Waals surface area contributed by atoms with Crippen molar-refractivity contribution in [3.8, 4) is 5.69 Å². The Morgan fingerprint density at radius 2 is 1.61 bits per heavy atom. The van der Waals surface area contributed by atoms with Crippen LogP contribution in [0.1, 0.15) is 21.7 Å². The van der Waals surface area contributed by atoms with Crippen LogP contribution in [0, 0.1) is 31.5 Å². The highest BCUT2D eigenvalue weighted by atomic mass is 19.3. The largest absolute Gasteiger partial charge is 0.340 e. The van der Waals surface area contributed by atoms with Crippen molar-refractivity contribution in [1.29, 1.82) is 0 Å². The van der Waals surface area contributed by atoms with Crippen LogP contribution in [0.5, 0.6) is 0 Å². The summed E-state index contributed by atoms with van der Waals surface area (Å²) in [6, 6.07) is 5.96. The van der Waals surface area contributed by atoms with E-state index in [0.717, 1.165) is 16.2 Å². The molecule has 2 aromatic heterocycles. The van der Waals surface area contributed by atoms with Crippen molar-refractivity contribution in [1.82, 2.24) is 29.9 Å². The Bertz CT molecular complexity index is 1160. The molecule has 3 aromatic rings. The van der Waals surface area contributed by atoms with Crippen molar-refractivity contribution in [3.05, 3.63) is 59.4 Å². The maximum Gasteiger partial charge on any atom is 0.260 e. The molecule has 5 rings (SSSR count). The number of amides is 1. The number of hydrogen-bond acceptors (Lipinski definition) is 6. The Kier molecular flexibility index (Phi) is 5.06. The van der Waals surface area contributed by atoms with Crippen LogP contribution in [-0.4, -0.2) is 67.9 Å². The van der Waals surface area contributed by atoms with Crippen LogP contribution in [0.25, 0.3) is 5.69 Å². The highest BCUT2D eigenvalue weighted by molar-refractivity contribution is 5.98. The van der Waals surface area contributed by atoms with E-state index in [-0.39, 0.29) is 37.4 Å². The topological polar surface area (TPSA) is 80.0 Å². The predicted octanol–water partition coefficient (Wildman–Crippen LogP) is 2.66. The number of aromatic nitrogens is 5. The van der Waals surface area contributed by atoms with E-state index in [1.807, 2.05) is 19.9 Å². The van der Waals surface area contributed by atoms with Crippen LogP contribution in [-0.2, 0) is 0 Å². The molecule has 11 heteroatoms. The molecule has 2 fully saturated rings. The second-order valence-corrected chi connectivity index (χ2v) is 8.59. The Hall–Kier alpha value is -3.50. The maximum absolute atomic E-state index is 15.1. The molecule has 4 heterocycles. The number of rotatable bonds is 3.